The molecule has 130 valence electrons. The standard InChI is InChI=1S/C9H7NO3.C9H5NO3/c2*11-7-1-2-8-3-5-9(6-4-8)10(12)13/h3-6,11H,7H2;3-7H. The van der Waals surface area contributed by atoms with Crippen molar-refractivity contribution in [2.24, 2.45) is 0 Å². The summed E-state index contributed by atoms with van der Waals surface area (Å²) < 4.78 is 0. The molecule has 8 nitrogen and oxygen atoms in total. The lowest BCUT2D eigenvalue weighted by atomic mass is 10.2. The number of hydrogen-bond donors (Lipinski definition) is 1. The Kier molecular flexibility index (Phi) is 8.25. The summed E-state index contributed by atoms with van der Waals surface area (Å²) in [5, 5.41) is 28.9. The minimum atomic E-state index is -0.489. The van der Waals surface area contributed by atoms with Crippen molar-refractivity contribution in [2.45, 2.75) is 0 Å². The molecule has 26 heavy (non-hydrogen) atoms. The van der Waals surface area contributed by atoms with E-state index in [2.05, 4.69) is 23.7 Å². The van der Waals surface area contributed by atoms with E-state index in [-0.39, 0.29) is 18.0 Å². The summed E-state index contributed by atoms with van der Waals surface area (Å²) in [6.45, 7) is -0.211. The molecule has 0 saturated heterocycles. The zero-order chi connectivity index (χ0) is 19.4. The third-order valence-electron chi connectivity index (χ3n) is 2.74. The Balaban J connectivity index is 0.000000260. The Morgan fingerprint density at radius 3 is 1.62 bits per heavy atom. The molecule has 2 aromatic carbocycles. The number of rotatable bonds is 2. The predicted octanol–water partition coefficient (Wildman–Crippen LogP) is 2.08. The van der Waals surface area contributed by atoms with Crippen LogP contribution in [0.2, 0.25) is 0 Å². The summed E-state index contributed by atoms with van der Waals surface area (Å²) in [6, 6.07) is 11.5. The van der Waals surface area contributed by atoms with Crippen molar-refractivity contribution < 1.29 is 19.7 Å². The van der Waals surface area contributed by atoms with Gasteiger partial charge in [0.1, 0.15) is 6.61 Å². The molecule has 0 saturated carbocycles. The second-order valence-corrected chi connectivity index (χ2v) is 4.46. The van der Waals surface area contributed by atoms with Gasteiger partial charge >= 0.3 is 0 Å². The van der Waals surface area contributed by atoms with E-state index >= 15 is 0 Å². The van der Waals surface area contributed by atoms with Crippen molar-refractivity contribution in [2.75, 3.05) is 6.61 Å². The SMILES string of the molecule is O=CC#Cc1ccc([N+](=O)[O-])cc1.O=[N+]([O-])c1ccc(C#CCO)cc1. The smallest absolute Gasteiger partial charge is 0.269 e. The number of nitro benzene ring substituents is 2. The van der Waals surface area contributed by atoms with Crippen molar-refractivity contribution in [3.63, 3.8) is 0 Å². The van der Waals surface area contributed by atoms with E-state index in [9.17, 15) is 25.0 Å². The molecule has 0 atom stereocenters. The number of hydrogen-bond acceptors (Lipinski definition) is 6. The fourth-order valence-corrected chi connectivity index (χ4v) is 1.59. The van der Waals surface area contributed by atoms with E-state index in [1.165, 1.54) is 36.4 Å². The van der Waals surface area contributed by atoms with Crippen molar-refractivity contribution in [3.05, 3.63) is 79.9 Å². The number of nitro groups is 2. The summed E-state index contributed by atoms with van der Waals surface area (Å²) in [4.78, 5) is 29.4. The normalized spacial score (nSPS) is 8.50. The van der Waals surface area contributed by atoms with Crippen LogP contribution in [-0.4, -0.2) is 27.8 Å². The lowest BCUT2D eigenvalue weighted by molar-refractivity contribution is -0.385. The number of benzene rings is 2. The Bertz CT molecular complexity index is 897. The monoisotopic (exact) mass is 352 g/mol. The number of carbonyl (C=O) groups excluding carboxylic acids is 1. The van der Waals surface area contributed by atoms with Gasteiger partial charge in [-0.05, 0) is 30.2 Å². The van der Waals surface area contributed by atoms with Gasteiger partial charge in [-0.2, -0.15) is 0 Å². The zero-order valence-corrected chi connectivity index (χ0v) is 13.3. The quantitative estimate of drug-likeness (QED) is 0.382. The van der Waals surface area contributed by atoms with Gasteiger partial charge in [0.05, 0.1) is 9.85 Å². The summed E-state index contributed by atoms with van der Waals surface area (Å²) >= 11 is 0. The molecule has 0 aliphatic heterocycles. The molecule has 8 heteroatoms. The maximum atomic E-state index is 10.3. The first-order chi connectivity index (χ1) is 12.5. The first-order valence-corrected chi connectivity index (χ1v) is 7.01. The summed E-state index contributed by atoms with van der Waals surface area (Å²) in [5.74, 6) is 9.82. The van der Waals surface area contributed by atoms with Crippen LogP contribution in [0.4, 0.5) is 11.4 Å². The van der Waals surface area contributed by atoms with Crippen molar-refractivity contribution in [1.82, 2.24) is 0 Å². The summed E-state index contributed by atoms with van der Waals surface area (Å²) in [6.07, 6.45) is 0.474. The molecule has 0 amide bonds. The highest BCUT2D eigenvalue weighted by Crippen LogP contribution is 2.11. The van der Waals surface area contributed by atoms with Gasteiger partial charge in [0.25, 0.3) is 11.4 Å². The van der Waals surface area contributed by atoms with Crippen LogP contribution >= 0.6 is 0 Å². The first kappa shape index (κ1) is 20.0. The minimum Gasteiger partial charge on any atom is -0.384 e. The van der Waals surface area contributed by atoms with Crippen molar-refractivity contribution in [3.8, 4) is 23.7 Å². The van der Waals surface area contributed by atoms with Gasteiger partial charge in [0, 0.05) is 35.4 Å². The van der Waals surface area contributed by atoms with Gasteiger partial charge in [-0.15, -0.1) is 0 Å². The van der Waals surface area contributed by atoms with E-state index in [4.69, 9.17) is 5.11 Å². The molecule has 0 aliphatic carbocycles. The Hall–Kier alpha value is -4.01. The van der Waals surface area contributed by atoms with Crippen molar-refractivity contribution in [1.29, 1.82) is 0 Å². The molecule has 0 unspecified atom stereocenters. The van der Waals surface area contributed by atoms with E-state index in [0.717, 1.165) is 0 Å². The zero-order valence-electron chi connectivity index (χ0n) is 13.3. The average Bonchev–Trinajstić information content (AvgIpc) is 2.66. The highest BCUT2D eigenvalue weighted by Gasteiger charge is 2.02. The molecule has 2 aromatic rings. The number of aliphatic hydroxyl groups excluding tert-OH is 1. The van der Waals surface area contributed by atoms with Crippen LogP contribution < -0.4 is 0 Å². The largest absolute Gasteiger partial charge is 0.384 e. The number of carbonyl (C=O) groups is 1. The van der Waals surface area contributed by atoms with E-state index < -0.39 is 9.85 Å². The maximum Gasteiger partial charge on any atom is 0.269 e. The van der Waals surface area contributed by atoms with E-state index in [1.54, 1.807) is 12.1 Å². The number of nitrogens with zero attached hydrogens (tertiary/aromatic N) is 2. The molecular formula is C18H12N2O6. The molecular weight excluding hydrogens is 340 g/mol. The van der Waals surface area contributed by atoms with E-state index in [1.807, 2.05) is 0 Å². The number of aldehydes is 1. The van der Waals surface area contributed by atoms with Gasteiger partial charge < -0.3 is 5.11 Å². The molecule has 0 aliphatic rings. The second kappa shape index (κ2) is 10.7. The Morgan fingerprint density at radius 1 is 0.846 bits per heavy atom. The fraction of sp³-hybridized carbons (Fsp3) is 0.0556. The van der Waals surface area contributed by atoms with Crippen LogP contribution in [-0.2, 0) is 4.79 Å². The molecule has 0 fully saturated rings. The first-order valence-electron chi connectivity index (χ1n) is 7.01. The summed E-state index contributed by atoms with van der Waals surface area (Å²) in [5.41, 5.74) is 1.28. The van der Waals surface area contributed by atoms with Crippen LogP contribution in [0.5, 0.6) is 0 Å². The Morgan fingerprint density at radius 2 is 1.27 bits per heavy atom. The van der Waals surface area contributed by atoms with Crippen LogP contribution in [0.25, 0.3) is 0 Å². The van der Waals surface area contributed by atoms with Crippen molar-refractivity contribution >= 4 is 17.7 Å². The minimum absolute atomic E-state index is 0.0108. The third kappa shape index (κ3) is 7.04. The molecule has 0 radical (unpaired) electrons. The van der Waals surface area contributed by atoms with Crippen LogP contribution in [0.3, 0.4) is 0 Å². The predicted molar refractivity (Wildman–Crippen MR) is 93.1 cm³/mol. The van der Waals surface area contributed by atoms with Gasteiger partial charge in [-0.1, -0.05) is 17.8 Å². The van der Waals surface area contributed by atoms with Crippen LogP contribution in [0.15, 0.2) is 48.5 Å². The maximum absolute atomic E-state index is 10.3. The van der Waals surface area contributed by atoms with Gasteiger partial charge in [0.15, 0.2) is 6.29 Å². The van der Waals surface area contributed by atoms with Gasteiger partial charge in [0.2, 0.25) is 0 Å². The summed E-state index contributed by atoms with van der Waals surface area (Å²) in [7, 11) is 0. The molecule has 1 N–H and O–H groups in total. The van der Waals surface area contributed by atoms with Gasteiger partial charge in [-0.3, -0.25) is 25.0 Å². The number of non-ortho nitro benzene ring substituents is 2. The highest BCUT2D eigenvalue weighted by atomic mass is 16.6. The molecule has 0 spiro atoms. The van der Waals surface area contributed by atoms with Gasteiger partial charge in [-0.25, -0.2) is 0 Å². The lowest BCUT2D eigenvalue weighted by Crippen LogP contribution is -1.86. The molecule has 0 bridgehead atoms. The second-order valence-electron chi connectivity index (χ2n) is 4.46. The average molecular weight is 352 g/mol. The number of aliphatic hydroxyl groups is 1. The third-order valence-corrected chi connectivity index (χ3v) is 2.74. The van der Waals surface area contributed by atoms with Crippen LogP contribution in [0, 0.1) is 43.9 Å². The topological polar surface area (TPSA) is 124 Å². The highest BCUT2D eigenvalue weighted by molar-refractivity contribution is 5.74. The molecule has 0 heterocycles. The fourth-order valence-electron chi connectivity index (χ4n) is 1.59. The van der Waals surface area contributed by atoms with E-state index in [0.29, 0.717) is 17.4 Å². The molecule has 2 rings (SSSR count). The van der Waals surface area contributed by atoms with Crippen LogP contribution in [0.1, 0.15) is 11.1 Å². The molecule has 0 aromatic heterocycles. The Labute approximate surface area is 148 Å². The lowest BCUT2D eigenvalue weighted by Gasteiger charge is -1.90.